The fraction of sp³-hybridized carbons (Fsp3) is 0.292. The van der Waals surface area contributed by atoms with Crippen molar-refractivity contribution in [3.8, 4) is 17.3 Å². The van der Waals surface area contributed by atoms with Crippen LogP contribution in [0, 0.1) is 13.8 Å². The summed E-state index contributed by atoms with van der Waals surface area (Å²) in [6.45, 7) is 6.94. The van der Waals surface area contributed by atoms with Crippen molar-refractivity contribution in [1.29, 1.82) is 0 Å². The van der Waals surface area contributed by atoms with Gasteiger partial charge in [0, 0.05) is 49.2 Å². The smallest absolute Gasteiger partial charge is 0.260 e. The van der Waals surface area contributed by atoms with Crippen LogP contribution in [0.25, 0.3) is 11.4 Å². The lowest BCUT2D eigenvalue weighted by Crippen LogP contribution is -2.50. The van der Waals surface area contributed by atoms with E-state index in [1.165, 1.54) is 11.3 Å². The summed E-state index contributed by atoms with van der Waals surface area (Å²) in [7, 11) is 0. The molecule has 0 aliphatic carbocycles. The van der Waals surface area contributed by atoms with Gasteiger partial charge < -0.3 is 14.5 Å². The number of nitrogens with zero attached hydrogens (tertiary/aromatic N) is 4. The Labute approximate surface area is 177 Å². The molecular weight excluding hydrogens is 376 g/mol. The molecule has 1 amide bonds. The first-order valence-corrected chi connectivity index (χ1v) is 10.2. The zero-order valence-electron chi connectivity index (χ0n) is 17.4. The minimum Gasteiger partial charge on any atom is -0.467 e. The summed E-state index contributed by atoms with van der Waals surface area (Å²) in [5, 5.41) is 0. The van der Waals surface area contributed by atoms with Crippen LogP contribution >= 0.6 is 0 Å². The maximum atomic E-state index is 12.6. The van der Waals surface area contributed by atoms with E-state index >= 15 is 0 Å². The maximum absolute atomic E-state index is 12.6. The van der Waals surface area contributed by atoms with Gasteiger partial charge in [0.15, 0.2) is 12.4 Å². The number of hydrogen-bond acceptors (Lipinski definition) is 5. The molecule has 1 aromatic heterocycles. The number of rotatable bonds is 5. The largest absolute Gasteiger partial charge is 0.467 e. The van der Waals surface area contributed by atoms with Crippen LogP contribution in [0.2, 0.25) is 0 Å². The minimum absolute atomic E-state index is 0.0177. The number of anilines is 1. The van der Waals surface area contributed by atoms with E-state index in [1.807, 2.05) is 61.2 Å². The van der Waals surface area contributed by atoms with Crippen molar-refractivity contribution in [1.82, 2.24) is 14.9 Å². The second kappa shape index (κ2) is 8.95. The van der Waals surface area contributed by atoms with Gasteiger partial charge in [-0.05, 0) is 26.0 Å². The second-order valence-electron chi connectivity index (χ2n) is 7.53. The SMILES string of the molecule is Cc1ccc(-c2nc(C)cc(OCC(=O)N3CCN(c4ccccc4)CC3)n2)cc1. The summed E-state index contributed by atoms with van der Waals surface area (Å²) in [4.78, 5) is 25.8. The first kappa shape index (κ1) is 19.9. The van der Waals surface area contributed by atoms with Crippen molar-refractivity contribution in [3.63, 3.8) is 0 Å². The van der Waals surface area contributed by atoms with Gasteiger partial charge in [-0.3, -0.25) is 4.79 Å². The van der Waals surface area contributed by atoms with Crippen LogP contribution < -0.4 is 9.64 Å². The first-order chi connectivity index (χ1) is 14.6. The molecule has 1 aliphatic heterocycles. The zero-order chi connectivity index (χ0) is 20.9. The highest BCUT2D eigenvalue weighted by atomic mass is 16.5. The molecule has 6 heteroatoms. The monoisotopic (exact) mass is 402 g/mol. The number of para-hydroxylation sites is 1. The molecule has 1 saturated heterocycles. The van der Waals surface area contributed by atoms with Crippen molar-refractivity contribution in [2.24, 2.45) is 0 Å². The number of carbonyl (C=O) groups is 1. The van der Waals surface area contributed by atoms with Crippen LogP contribution in [0.1, 0.15) is 11.3 Å². The Morgan fingerprint density at radius 1 is 0.933 bits per heavy atom. The maximum Gasteiger partial charge on any atom is 0.260 e. The summed E-state index contributed by atoms with van der Waals surface area (Å²) >= 11 is 0. The van der Waals surface area contributed by atoms with Gasteiger partial charge in [-0.2, -0.15) is 4.98 Å². The molecule has 6 nitrogen and oxygen atoms in total. The van der Waals surface area contributed by atoms with Crippen molar-refractivity contribution >= 4 is 11.6 Å². The Morgan fingerprint density at radius 2 is 1.63 bits per heavy atom. The van der Waals surface area contributed by atoms with Crippen LogP contribution in [-0.4, -0.2) is 53.6 Å². The van der Waals surface area contributed by atoms with Gasteiger partial charge >= 0.3 is 0 Å². The van der Waals surface area contributed by atoms with Gasteiger partial charge in [0.05, 0.1) is 0 Å². The highest BCUT2D eigenvalue weighted by molar-refractivity contribution is 5.78. The third-order valence-corrected chi connectivity index (χ3v) is 5.24. The Bertz CT molecular complexity index is 997. The Hall–Kier alpha value is -3.41. The van der Waals surface area contributed by atoms with Crippen LogP contribution in [0.3, 0.4) is 0 Å². The van der Waals surface area contributed by atoms with Crippen LogP contribution in [0.5, 0.6) is 5.88 Å². The summed E-state index contributed by atoms with van der Waals surface area (Å²) in [5.41, 5.74) is 4.11. The normalized spacial score (nSPS) is 13.9. The molecule has 0 unspecified atom stereocenters. The Morgan fingerprint density at radius 3 is 2.33 bits per heavy atom. The fourth-order valence-corrected chi connectivity index (χ4v) is 3.53. The van der Waals surface area contributed by atoms with Crippen molar-refractivity contribution in [2.75, 3.05) is 37.7 Å². The minimum atomic E-state index is -0.0187. The topological polar surface area (TPSA) is 58.6 Å². The number of hydrogen-bond donors (Lipinski definition) is 0. The number of benzene rings is 2. The molecule has 4 rings (SSSR count). The van der Waals surface area contributed by atoms with E-state index in [9.17, 15) is 4.79 Å². The number of aromatic nitrogens is 2. The molecule has 0 spiro atoms. The van der Waals surface area contributed by atoms with Gasteiger partial charge in [0.1, 0.15) is 0 Å². The van der Waals surface area contributed by atoms with E-state index in [2.05, 4.69) is 27.0 Å². The van der Waals surface area contributed by atoms with E-state index < -0.39 is 0 Å². The highest BCUT2D eigenvalue weighted by Gasteiger charge is 2.21. The summed E-state index contributed by atoms with van der Waals surface area (Å²) in [5.74, 6) is 1.01. The number of amides is 1. The van der Waals surface area contributed by atoms with Gasteiger partial charge in [0.2, 0.25) is 5.88 Å². The van der Waals surface area contributed by atoms with E-state index in [0.29, 0.717) is 24.8 Å². The molecule has 1 fully saturated rings. The third kappa shape index (κ3) is 4.76. The molecule has 154 valence electrons. The molecule has 0 bridgehead atoms. The lowest BCUT2D eigenvalue weighted by Gasteiger charge is -2.36. The van der Waals surface area contributed by atoms with E-state index in [0.717, 1.165) is 24.3 Å². The molecule has 30 heavy (non-hydrogen) atoms. The quantitative estimate of drug-likeness (QED) is 0.654. The number of aryl methyl sites for hydroxylation is 2. The van der Waals surface area contributed by atoms with Crippen molar-refractivity contribution < 1.29 is 9.53 Å². The lowest BCUT2D eigenvalue weighted by atomic mass is 10.1. The first-order valence-electron chi connectivity index (χ1n) is 10.2. The van der Waals surface area contributed by atoms with Gasteiger partial charge in [0.25, 0.3) is 5.91 Å². The molecule has 3 aromatic rings. The van der Waals surface area contributed by atoms with Crippen LogP contribution in [0.4, 0.5) is 5.69 Å². The lowest BCUT2D eigenvalue weighted by molar-refractivity contribution is -0.133. The van der Waals surface area contributed by atoms with E-state index in [-0.39, 0.29) is 12.5 Å². The Balaban J connectivity index is 1.34. The van der Waals surface area contributed by atoms with Crippen LogP contribution in [-0.2, 0) is 4.79 Å². The molecule has 2 aromatic carbocycles. The summed E-state index contributed by atoms with van der Waals surface area (Å²) in [6.07, 6.45) is 0. The predicted octanol–water partition coefficient (Wildman–Crippen LogP) is 3.49. The van der Waals surface area contributed by atoms with Gasteiger partial charge in [-0.25, -0.2) is 4.98 Å². The van der Waals surface area contributed by atoms with E-state index in [1.54, 1.807) is 6.07 Å². The van der Waals surface area contributed by atoms with E-state index in [4.69, 9.17) is 4.74 Å². The zero-order valence-corrected chi connectivity index (χ0v) is 17.4. The summed E-state index contributed by atoms with van der Waals surface area (Å²) < 4.78 is 5.74. The van der Waals surface area contributed by atoms with Gasteiger partial charge in [-0.1, -0.05) is 48.0 Å². The van der Waals surface area contributed by atoms with Gasteiger partial charge in [-0.15, -0.1) is 0 Å². The molecule has 0 atom stereocenters. The number of ether oxygens (including phenoxy) is 1. The molecule has 0 radical (unpaired) electrons. The second-order valence-corrected chi connectivity index (χ2v) is 7.53. The average molecular weight is 402 g/mol. The predicted molar refractivity (Wildman–Crippen MR) is 118 cm³/mol. The molecule has 0 saturated carbocycles. The van der Waals surface area contributed by atoms with Crippen molar-refractivity contribution in [3.05, 3.63) is 71.9 Å². The average Bonchev–Trinajstić information content (AvgIpc) is 2.78. The molecule has 0 N–H and O–H groups in total. The molecule has 1 aliphatic rings. The summed E-state index contributed by atoms with van der Waals surface area (Å²) in [6, 6.07) is 20.1. The Kier molecular flexibility index (Phi) is 5.93. The third-order valence-electron chi connectivity index (χ3n) is 5.24. The highest BCUT2D eigenvalue weighted by Crippen LogP contribution is 2.20. The fourth-order valence-electron chi connectivity index (χ4n) is 3.53. The van der Waals surface area contributed by atoms with Crippen LogP contribution in [0.15, 0.2) is 60.7 Å². The molecular formula is C24H26N4O2. The molecule has 2 heterocycles. The standard InChI is InChI=1S/C24H26N4O2/c1-18-8-10-20(11-9-18)24-25-19(2)16-22(26-24)30-17-23(29)28-14-12-27(13-15-28)21-6-4-3-5-7-21/h3-11,16H,12-15,17H2,1-2H3. The number of piperazine rings is 1. The number of carbonyl (C=O) groups excluding carboxylic acids is 1. The van der Waals surface area contributed by atoms with Crippen molar-refractivity contribution in [2.45, 2.75) is 13.8 Å².